The van der Waals surface area contributed by atoms with E-state index in [0.29, 0.717) is 6.42 Å². The van der Waals surface area contributed by atoms with Gasteiger partial charge in [0.15, 0.2) is 0 Å². The average Bonchev–Trinajstić information content (AvgIpc) is 2.63. The first-order valence-electron chi connectivity index (χ1n) is 7.87. The Morgan fingerprint density at radius 2 is 1.26 bits per heavy atom. The first-order valence-corrected chi connectivity index (χ1v) is 7.87. The SMILES string of the molecule is C[C@@](C=O)(Cc1ccccc1)c1ccc(-c2ccccc2)cc1. The molecular weight excluding hydrogens is 280 g/mol. The normalized spacial score (nSPS) is 13.3. The maximum absolute atomic E-state index is 11.8. The van der Waals surface area contributed by atoms with Crippen LogP contribution in [0.25, 0.3) is 11.1 Å². The lowest BCUT2D eigenvalue weighted by Crippen LogP contribution is -2.26. The van der Waals surface area contributed by atoms with E-state index in [1.807, 2.05) is 43.3 Å². The fraction of sp³-hybridized carbons (Fsp3) is 0.136. The zero-order valence-corrected chi connectivity index (χ0v) is 13.3. The highest BCUT2D eigenvalue weighted by Gasteiger charge is 2.26. The smallest absolute Gasteiger partial charge is 0.130 e. The van der Waals surface area contributed by atoms with E-state index in [1.54, 1.807) is 0 Å². The molecule has 23 heavy (non-hydrogen) atoms. The van der Waals surface area contributed by atoms with Crippen molar-refractivity contribution in [1.82, 2.24) is 0 Å². The summed E-state index contributed by atoms with van der Waals surface area (Å²) in [5.41, 5.74) is 4.08. The van der Waals surface area contributed by atoms with E-state index < -0.39 is 5.41 Å². The largest absolute Gasteiger partial charge is 0.302 e. The molecule has 0 aliphatic carbocycles. The molecule has 1 nitrogen and oxygen atoms in total. The maximum atomic E-state index is 11.8. The van der Waals surface area contributed by atoms with Crippen LogP contribution in [0.4, 0.5) is 0 Å². The molecule has 0 N–H and O–H groups in total. The van der Waals surface area contributed by atoms with Gasteiger partial charge in [0.05, 0.1) is 5.41 Å². The highest BCUT2D eigenvalue weighted by molar-refractivity contribution is 5.70. The van der Waals surface area contributed by atoms with Gasteiger partial charge in [-0.05, 0) is 35.6 Å². The predicted molar refractivity (Wildman–Crippen MR) is 95.4 cm³/mol. The van der Waals surface area contributed by atoms with Crippen LogP contribution in [0.2, 0.25) is 0 Å². The lowest BCUT2D eigenvalue weighted by Gasteiger charge is -2.24. The van der Waals surface area contributed by atoms with Crippen molar-refractivity contribution in [2.75, 3.05) is 0 Å². The predicted octanol–water partition coefficient (Wildman–Crippen LogP) is 5.05. The van der Waals surface area contributed by atoms with Gasteiger partial charge in [-0.2, -0.15) is 0 Å². The average molecular weight is 300 g/mol. The number of carbonyl (C=O) groups excluding carboxylic acids is 1. The van der Waals surface area contributed by atoms with Gasteiger partial charge in [0.1, 0.15) is 6.29 Å². The third-order valence-corrected chi connectivity index (χ3v) is 4.33. The molecule has 0 bridgehead atoms. The standard InChI is InChI=1S/C22H20O/c1-22(17-23,16-18-8-4-2-5-9-18)21-14-12-20(13-15-21)19-10-6-3-7-11-19/h2-15,17H,16H2,1H3/t22-/m0/s1. The van der Waals surface area contributed by atoms with Crippen molar-refractivity contribution in [3.8, 4) is 11.1 Å². The topological polar surface area (TPSA) is 17.1 Å². The molecule has 114 valence electrons. The van der Waals surface area contributed by atoms with Gasteiger partial charge in [-0.15, -0.1) is 0 Å². The summed E-state index contributed by atoms with van der Waals surface area (Å²) in [5, 5.41) is 0. The minimum absolute atomic E-state index is 0.503. The summed E-state index contributed by atoms with van der Waals surface area (Å²) in [5.74, 6) is 0. The Morgan fingerprint density at radius 1 is 0.739 bits per heavy atom. The quantitative estimate of drug-likeness (QED) is 0.602. The van der Waals surface area contributed by atoms with Crippen molar-refractivity contribution in [3.05, 3.63) is 96.1 Å². The van der Waals surface area contributed by atoms with Crippen LogP contribution in [-0.2, 0) is 16.6 Å². The second kappa shape index (κ2) is 6.62. The van der Waals surface area contributed by atoms with Crippen molar-refractivity contribution in [3.63, 3.8) is 0 Å². The maximum Gasteiger partial charge on any atom is 0.130 e. The minimum atomic E-state index is -0.503. The van der Waals surface area contributed by atoms with Crippen LogP contribution in [0.15, 0.2) is 84.9 Å². The van der Waals surface area contributed by atoms with E-state index in [1.165, 1.54) is 16.7 Å². The zero-order valence-electron chi connectivity index (χ0n) is 13.3. The minimum Gasteiger partial charge on any atom is -0.302 e. The van der Waals surface area contributed by atoms with Crippen LogP contribution >= 0.6 is 0 Å². The fourth-order valence-corrected chi connectivity index (χ4v) is 2.91. The van der Waals surface area contributed by atoms with E-state index in [4.69, 9.17) is 0 Å². The number of rotatable bonds is 5. The number of benzene rings is 3. The van der Waals surface area contributed by atoms with Crippen LogP contribution < -0.4 is 0 Å². The van der Waals surface area contributed by atoms with Gasteiger partial charge < -0.3 is 4.79 Å². The summed E-state index contributed by atoms with van der Waals surface area (Å²) in [7, 11) is 0. The summed E-state index contributed by atoms with van der Waals surface area (Å²) < 4.78 is 0. The van der Waals surface area contributed by atoms with Crippen LogP contribution in [0.1, 0.15) is 18.1 Å². The van der Waals surface area contributed by atoms with Gasteiger partial charge in [-0.25, -0.2) is 0 Å². The lowest BCUT2D eigenvalue weighted by molar-refractivity contribution is -0.112. The molecule has 1 heteroatoms. The van der Waals surface area contributed by atoms with E-state index in [0.717, 1.165) is 11.8 Å². The number of hydrogen-bond acceptors (Lipinski definition) is 1. The highest BCUT2D eigenvalue weighted by Crippen LogP contribution is 2.28. The molecule has 3 aromatic rings. The van der Waals surface area contributed by atoms with E-state index in [2.05, 4.69) is 48.5 Å². The van der Waals surface area contributed by atoms with Gasteiger partial charge >= 0.3 is 0 Å². The van der Waals surface area contributed by atoms with Gasteiger partial charge in [0.25, 0.3) is 0 Å². The molecular formula is C22H20O. The Morgan fingerprint density at radius 3 is 1.83 bits per heavy atom. The molecule has 3 aromatic carbocycles. The fourth-order valence-electron chi connectivity index (χ4n) is 2.91. The van der Waals surface area contributed by atoms with Crippen LogP contribution in [0.5, 0.6) is 0 Å². The molecule has 0 radical (unpaired) electrons. The monoisotopic (exact) mass is 300 g/mol. The zero-order chi connectivity index (χ0) is 16.1. The van der Waals surface area contributed by atoms with Crippen molar-refractivity contribution in [2.24, 2.45) is 0 Å². The van der Waals surface area contributed by atoms with Crippen LogP contribution in [0, 0.1) is 0 Å². The first-order chi connectivity index (χ1) is 11.2. The van der Waals surface area contributed by atoms with Gasteiger partial charge in [-0.3, -0.25) is 0 Å². The number of carbonyl (C=O) groups is 1. The number of hydrogen-bond donors (Lipinski definition) is 0. The van der Waals surface area contributed by atoms with E-state index >= 15 is 0 Å². The van der Waals surface area contributed by atoms with Crippen molar-refractivity contribution in [1.29, 1.82) is 0 Å². The summed E-state index contributed by atoms with van der Waals surface area (Å²) in [6.45, 7) is 2.00. The molecule has 3 rings (SSSR count). The molecule has 0 aliphatic heterocycles. The highest BCUT2D eigenvalue weighted by atomic mass is 16.1. The molecule has 0 fully saturated rings. The van der Waals surface area contributed by atoms with Crippen LogP contribution in [0.3, 0.4) is 0 Å². The first kappa shape index (κ1) is 15.2. The molecule has 0 aliphatic rings. The molecule has 0 aromatic heterocycles. The van der Waals surface area contributed by atoms with Crippen LogP contribution in [-0.4, -0.2) is 6.29 Å². The molecule has 0 saturated heterocycles. The second-order valence-corrected chi connectivity index (χ2v) is 6.14. The Kier molecular flexibility index (Phi) is 4.38. The van der Waals surface area contributed by atoms with Gasteiger partial charge in [-0.1, -0.05) is 84.9 Å². The van der Waals surface area contributed by atoms with E-state index in [9.17, 15) is 4.79 Å². The summed E-state index contributed by atoms with van der Waals surface area (Å²) in [6.07, 6.45) is 1.78. The Hall–Kier alpha value is -2.67. The molecule has 0 saturated carbocycles. The van der Waals surface area contributed by atoms with Gasteiger partial charge in [0, 0.05) is 0 Å². The Labute approximate surface area is 137 Å². The molecule has 1 atom stereocenters. The molecule has 0 amide bonds. The van der Waals surface area contributed by atoms with Crippen molar-refractivity contribution >= 4 is 6.29 Å². The second-order valence-electron chi connectivity index (χ2n) is 6.14. The molecule has 0 unspecified atom stereocenters. The van der Waals surface area contributed by atoms with Crippen molar-refractivity contribution in [2.45, 2.75) is 18.8 Å². The van der Waals surface area contributed by atoms with Gasteiger partial charge in [0.2, 0.25) is 0 Å². The lowest BCUT2D eigenvalue weighted by atomic mass is 9.78. The third-order valence-electron chi connectivity index (χ3n) is 4.33. The summed E-state index contributed by atoms with van der Waals surface area (Å²) >= 11 is 0. The van der Waals surface area contributed by atoms with Crippen molar-refractivity contribution < 1.29 is 4.79 Å². The Bertz CT molecular complexity index is 760. The molecule has 0 heterocycles. The molecule has 0 spiro atoms. The van der Waals surface area contributed by atoms with E-state index in [-0.39, 0.29) is 0 Å². The summed E-state index contributed by atoms with van der Waals surface area (Å²) in [6, 6.07) is 28.8. The Balaban J connectivity index is 1.88. The third kappa shape index (κ3) is 3.40. The summed E-state index contributed by atoms with van der Waals surface area (Å²) in [4.78, 5) is 11.8. The number of aldehydes is 1.